The fourth-order valence-corrected chi connectivity index (χ4v) is 4.50. The Balaban J connectivity index is 1.55. The molecule has 2 aliphatic rings. The Labute approximate surface area is 156 Å². The fourth-order valence-electron chi connectivity index (χ4n) is 4.50. The van der Waals surface area contributed by atoms with Crippen molar-refractivity contribution in [3.8, 4) is 5.75 Å². The second kappa shape index (κ2) is 7.78. The van der Waals surface area contributed by atoms with E-state index in [0.29, 0.717) is 12.1 Å². The van der Waals surface area contributed by atoms with Crippen molar-refractivity contribution < 1.29 is 9.84 Å². The zero-order chi connectivity index (χ0) is 17.9. The highest BCUT2D eigenvalue weighted by Crippen LogP contribution is 2.29. The summed E-state index contributed by atoms with van der Waals surface area (Å²) >= 11 is 0. The van der Waals surface area contributed by atoms with Crippen molar-refractivity contribution in [2.75, 3.05) is 26.7 Å². The maximum atomic E-state index is 10.1. The minimum atomic E-state index is -0.177. The van der Waals surface area contributed by atoms with E-state index in [4.69, 9.17) is 4.74 Å². The number of rotatable bonds is 5. The highest BCUT2D eigenvalue weighted by Gasteiger charge is 2.39. The molecule has 0 radical (unpaired) electrons. The molecule has 0 saturated carbocycles. The lowest BCUT2D eigenvalue weighted by Crippen LogP contribution is -2.56. The van der Waals surface area contributed by atoms with Crippen molar-refractivity contribution in [2.24, 2.45) is 0 Å². The van der Waals surface area contributed by atoms with Crippen molar-refractivity contribution in [1.82, 2.24) is 9.80 Å². The Morgan fingerprint density at radius 3 is 2.58 bits per heavy atom. The van der Waals surface area contributed by atoms with Gasteiger partial charge in [-0.3, -0.25) is 9.80 Å². The molecule has 2 saturated heterocycles. The van der Waals surface area contributed by atoms with Crippen molar-refractivity contribution >= 4 is 0 Å². The predicted molar refractivity (Wildman–Crippen MR) is 103 cm³/mol. The van der Waals surface area contributed by atoms with Crippen LogP contribution in [0.25, 0.3) is 0 Å². The Kier molecular flexibility index (Phi) is 5.25. The summed E-state index contributed by atoms with van der Waals surface area (Å²) in [4.78, 5) is 5.07. The van der Waals surface area contributed by atoms with Gasteiger partial charge in [-0.2, -0.15) is 0 Å². The van der Waals surface area contributed by atoms with Crippen LogP contribution in [0.4, 0.5) is 0 Å². The van der Waals surface area contributed by atoms with E-state index in [2.05, 4.69) is 52.3 Å². The third-order valence-corrected chi connectivity index (χ3v) is 5.79. The van der Waals surface area contributed by atoms with Gasteiger partial charge in [0.05, 0.1) is 13.2 Å². The molecule has 1 N–H and O–H groups in total. The molecular weight excluding hydrogens is 324 g/mol. The quantitative estimate of drug-likeness (QED) is 0.897. The minimum Gasteiger partial charge on any atom is -0.496 e. The molecular formula is C22H28N2O2. The molecule has 2 aromatic rings. The fraction of sp³-hybridized carbons (Fsp3) is 0.455. The van der Waals surface area contributed by atoms with E-state index >= 15 is 0 Å². The number of aliphatic hydroxyl groups excluding tert-OH is 1. The average Bonchev–Trinajstić information content (AvgIpc) is 3.02. The van der Waals surface area contributed by atoms with Gasteiger partial charge >= 0.3 is 0 Å². The standard InChI is InChI=1S/C22H28N2O2/c1-26-22-10-6-5-9-18(22)13-23-15-20-12-21(25)16-24(20)14-19(23)11-17-7-3-2-4-8-17/h2-10,19-21,25H,11-16H2,1H3/t19-,20+,21-/m1/s1. The summed E-state index contributed by atoms with van der Waals surface area (Å²) in [6.07, 6.45) is 1.75. The van der Waals surface area contributed by atoms with Crippen LogP contribution in [0.3, 0.4) is 0 Å². The first kappa shape index (κ1) is 17.5. The van der Waals surface area contributed by atoms with Gasteiger partial charge in [0.25, 0.3) is 0 Å². The summed E-state index contributed by atoms with van der Waals surface area (Å²) in [6, 6.07) is 20.0. The summed E-state index contributed by atoms with van der Waals surface area (Å²) in [6.45, 7) is 3.73. The molecule has 26 heavy (non-hydrogen) atoms. The van der Waals surface area contributed by atoms with Gasteiger partial charge in [0, 0.05) is 43.8 Å². The Morgan fingerprint density at radius 1 is 1.00 bits per heavy atom. The van der Waals surface area contributed by atoms with Crippen LogP contribution in [-0.4, -0.2) is 59.8 Å². The van der Waals surface area contributed by atoms with Gasteiger partial charge in [0.1, 0.15) is 5.75 Å². The number of hydrogen-bond acceptors (Lipinski definition) is 4. The lowest BCUT2D eigenvalue weighted by Gasteiger charge is -2.44. The molecule has 4 heteroatoms. The van der Waals surface area contributed by atoms with Gasteiger partial charge in [-0.1, -0.05) is 48.5 Å². The molecule has 0 aromatic heterocycles. The minimum absolute atomic E-state index is 0.177. The van der Waals surface area contributed by atoms with E-state index < -0.39 is 0 Å². The largest absolute Gasteiger partial charge is 0.496 e. The van der Waals surface area contributed by atoms with E-state index in [1.54, 1.807) is 7.11 Å². The lowest BCUT2D eigenvalue weighted by atomic mass is 9.99. The second-order valence-corrected chi connectivity index (χ2v) is 7.58. The Hall–Kier alpha value is -1.88. The Morgan fingerprint density at radius 2 is 1.77 bits per heavy atom. The topological polar surface area (TPSA) is 35.9 Å². The average molecular weight is 352 g/mol. The number of aliphatic hydroxyl groups is 1. The smallest absolute Gasteiger partial charge is 0.123 e. The SMILES string of the molecule is COc1ccccc1CN1C[C@@H]2C[C@@H](O)CN2C[C@H]1Cc1ccccc1. The first-order valence-electron chi connectivity index (χ1n) is 9.55. The molecule has 138 valence electrons. The highest BCUT2D eigenvalue weighted by molar-refractivity contribution is 5.33. The molecule has 0 amide bonds. The summed E-state index contributed by atoms with van der Waals surface area (Å²) in [5.41, 5.74) is 2.61. The first-order valence-corrected chi connectivity index (χ1v) is 9.55. The van der Waals surface area contributed by atoms with Crippen LogP contribution in [-0.2, 0) is 13.0 Å². The van der Waals surface area contributed by atoms with Crippen LogP contribution < -0.4 is 4.74 Å². The van der Waals surface area contributed by atoms with Gasteiger partial charge in [-0.15, -0.1) is 0 Å². The maximum absolute atomic E-state index is 10.1. The van der Waals surface area contributed by atoms with Gasteiger partial charge in [0.15, 0.2) is 0 Å². The van der Waals surface area contributed by atoms with Crippen LogP contribution in [0, 0.1) is 0 Å². The van der Waals surface area contributed by atoms with Crippen molar-refractivity contribution in [1.29, 1.82) is 0 Å². The molecule has 0 spiro atoms. The van der Waals surface area contributed by atoms with Crippen molar-refractivity contribution in [3.05, 3.63) is 65.7 Å². The summed E-state index contributed by atoms with van der Waals surface area (Å²) in [7, 11) is 1.74. The molecule has 0 aliphatic carbocycles. The number of nitrogens with zero attached hydrogens (tertiary/aromatic N) is 2. The number of methoxy groups -OCH3 is 1. The molecule has 0 bridgehead atoms. The molecule has 2 fully saturated rings. The lowest BCUT2D eigenvalue weighted by molar-refractivity contribution is 0.0440. The molecule has 4 rings (SSSR count). The maximum Gasteiger partial charge on any atom is 0.123 e. The normalized spacial score (nSPS) is 26.6. The number of piperazine rings is 1. The summed E-state index contributed by atoms with van der Waals surface area (Å²) in [5, 5.41) is 10.1. The number of hydrogen-bond donors (Lipinski definition) is 1. The number of fused-ring (bicyclic) bond motifs is 1. The van der Waals surface area contributed by atoms with E-state index in [9.17, 15) is 5.11 Å². The van der Waals surface area contributed by atoms with Crippen LogP contribution in [0.2, 0.25) is 0 Å². The number of para-hydroxylation sites is 1. The van der Waals surface area contributed by atoms with Gasteiger partial charge in [-0.05, 0) is 24.5 Å². The van der Waals surface area contributed by atoms with Crippen molar-refractivity contribution in [3.63, 3.8) is 0 Å². The number of ether oxygens (including phenoxy) is 1. The predicted octanol–water partition coefficient (Wildman–Crippen LogP) is 2.56. The zero-order valence-electron chi connectivity index (χ0n) is 15.4. The summed E-state index contributed by atoms with van der Waals surface area (Å²) < 4.78 is 5.57. The molecule has 4 nitrogen and oxygen atoms in total. The molecule has 0 unspecified atom stereocenters. The number of benzene rings is 2. The van der Waals surface area contributed by atoms with Gasteiger partial charge in [0.2, 0.25) is 0 Å². The van der Waals surface area contributed by atoms with Crippen LogP contribution in [0.5, 0.6) is 5.75 Å². The highest BCUT2D eigenvalue weighted by atomic mass is 16.5. The molecule has 3 atom stereocenters. The van der Waals surface area contributed by atoms with Crippen LogP contribution in [0.1, 0.15) is 17.5 Å². The molecule has 2 aromatic carbocycles. The third kappa shape index (κ3) is 3.78. The first-order chi connectivity index (χ1) is 12.7. The van der Waals surface area contributed by atoms with E-state index in [1.165, 1.54) is 11.1 Å². The van der Waals surface area contributed by atoms with Crippen LogP contribution in [0.15, 0.2) is 54.6 Å². The van der Waals surface area contributed by atoms with Gasteiger partial charge in [-0.25, -0.2) is 0 Å². The van der Waals surface area contributed by atoms with E-state index in [1.807, 2.05) is 12.1 Å². The zero-order valence-corrected chi connectivity index (χ0v) is 15.4. The molecule has 2 heterocycles. The second-order valence-electron chi connectivity index (χ2n) is 7.58. The monoisotopic (exact) mass is 352 g/mol. The van der Waals surface area contributed by atoms with Crippen molar-refractivity contribution in [2.45, 2.75) is 37.6 Å². The third-order valence-electron chi connectivity index (χ3n) is 5.79. The van der Waals surface area contributed by atoms with E-state index in [0.717, 1.165) is 44.8 Å². The van der Waals surface area contributed by atoms with Crippen LogP contribution >= 0.6 is 0 Å². The van der Waals surface area contributed by atoms with Gasteiger partial charge < -0.3 is 9.84 Å². The Bertz CT molecular complexity index is 721. The van der Waals surface area contributed by atoms with E-state index in [-0.39, 0.29) is 6.10 Å². The summed E-state index contributed by atoms with van der Waals surface area (Å²) in [5.74, 6) is 0.958. The molecule has 2 aliphatic heterocycles.